The first-order valence-electron chi connectivity index (χ1n) is 7.35. The van der Waals surface area contributed by atoms with Crippen LogP contribution in [-0.2, 0) is 9.59 Å². The van der Waals surface area contributed by atoms with Gasteiger partial charge in [-0.1, -0.05) is 12.1 Å². The minimum Gasteiger partial charge on any atom is -0.492 e. The van der Waals surface area contributed by atoms with Gasteiger partial charge in [-0.05, 0) is 26.0 Å². The first-order valence-corrected chi connectivity index (χ1v) is 7.35. The molecule has 1 heterocycles. The number of ether oxygens (including phenoxy) is 1. The van der Waals surface area contributed by atoms with E-state index >= 15 is 0 Å². The third kappa shape index (κ3) is 3.63. The Hall–Kier alpha value is -2.37. The van der Waals surface area contributed by atoms with Gasteiger partial charge in [0.1, 0.15) is 12.4 Å². The third-order valence-electron chi connectivity index (χ3n) is 3.65. The van der Waals surface area contributed by atoms with Crippen molar-refractivity contribution in [2.45, 2.75) is 13.8 Å². The highest BCUT2D eigenvalue weighted by atomic mass is 16.5. The molecule has 1 aromatic rings. The Kier molecular flexibility index (Phi) is 5.14. The van der Waals surface area contributed by atoms with Crippen molar-refractivity contribution in [1.29, 1.82) is 0 Å². The van der Waals surface area contributed by atoms with Gasteiger partial charge in [0, 0.05) is 25.2 Å². The number of likely N-dealkylation sites (N-methyl/N-ethyl adjacent to an activating group) is 1. The lowest BCUT2D eigenvalue weighted by Crippen LogP contribution is -2.54. The van der Waals surface area contributed by atoms with E-state index in [1.165, 1.54) is 16.7 Å². The second-order valence-corrected chi connectivity index (χ2v) is 5.11. The Labute approximate surface area is 129 Å². The summed E-state index contributed by atoms with van der Waals surface area (Å²) in [6.45, 7) is 5.62. The molecule has 1 aliphatic heterocycles. The van der Waals surface area contributed by atoms with Crippen LogP contribution in [0.5, 0.6) is 5.75 Å². The zero-order valence-electron chi connectivity index (χ0n) is 12.9. The highest BCUT2D eigenvalue weighted by Gasteiger charge is 2.31. The highest BCUT2D eigenvalue weighted by molar-refractivity contribution is 6.35. The van der Waals surface area contributed by atoms with Crippen molar-refractivity contribution in [2.24, 2.45) is 0 Å². The average molecular weight is 304 g/mol. The van der Waals surface area contributed by atoms with Crippen LogP contribution in [0, 0.1) is 0 Å². The molecule has 6 nitrogen and oxygen atoms in total. The molecule has 1 aromatic carbocycles. The molecule has 118 valence electrons. The van der Waals surface area contributed by atoms with Crippen molar-refractivity contribution >= 4 is 17.6 Å². The Balaban J connectivity index is 1.86. The van der Waals surface area contributed by atoms with Crippen LogP contribution in [0.3, 0.4) is 0 Å². The molecule has 2 amide bonds. The van der Waals surface area contributed by atoms with Crippen LogP contribution in [0.15, 0.2) is 24.3 Å². The number of piperazine rings is 1. The van der Waals surface area contributed by atoms with E-state index in [0.29, 0.717) is 37.5 Å². The number of carbonyl (C=O) groups is 3. The fraction of sp³-hybridized carbons (Fsp3) is 0.438. The molecule has 0 unspecified atom stereocenters. The monoisotopic (exact) mass is 304 g/mol. The zero-order valence-corrected chi connectivity index (χ0v) is 12.9. The van der Waals surface area contributed by atoms with E-state index in [1.807, 2.05) is 6.92 Å². The number of Topliss-reactive ketones (excluding diaryl/α,β-unsaturated/α-hetero) is 1. The Morgan fingerprint density at radius 2 is 1.86 bits per heavy atom. The first kappa shape index (κ1) is 16.0. The maximum Gasteiger partial charge on any atom is 0.312 e. The standard InChI is InChI=1S/C16H20N2O4/c1-3-17-7-8-18(16(21)15(17)20)9-10-22-14-6-4-5-13(11-14)12(2)19/h4-6,11H,3,7-10H2,1-2H3. The molecule has 0 aliphatic carbocycles. The number of ketones is 1. The molecule has 1 saturated heterocycles. The summed E-state index contributed by atoms with van der Waals surface area (Å²) in [5.74, 6) is -0.373. The van der Waals surface area contributed by atoms with E-state index in [2.05, 4.69) is 0 Å². The molecule has 0 spiro atoms. The molecule has 0 atom stereocenters. The topological polar surface area (TPSA) is 66.9 Å². The van der Waals surface area contributed by atoms with Crippen molar-refractivity contribution in [2.75, 3.05) is 32.8 Å². The molecule has 1 fully saturated rings. The fourth-order valence-corrected chi connectivity index (χ4v) is 2.31. The summed E-state index contributed by atoms with van der Waals surface area (Å²) in [5.41, 5.74) is 0.584. The molecule has 1 aliphatic rings. The number of carbonyl (C=O) groups excluding carboxylic acids is 3. The van der Waals surface area contributed by atoms with Gasteiger partial charge in [-0.3, -0.25) is 14.4 Å². The summed E-state index contributed by atoms with van der Waals surface area (Å²) >= 11 is 0. The van der Waals surface area contributed by atoms with Gasteiger partial charge in [0.25, 0.3) is 0 Å². The van der Waals surface area contributed by atoms with Crippen molar-refractivity contribution < 1.29 is 19.1 Å². The largest absolute Gasteiger partial charge is 0.492 e. The summed E-state index contributed by atoms with van der Waals surface area (Å²) in [4.78, 5) is 38.0. The van der Waals surface area contributed by atoms with Crippen LogP contribution in [-0.4, -0.2) is 60.2 Å². The quantitative estimate of drug-likeness (QED) is 0.580. The summed E-state index contributed by atoms with van der Waals surface area (Å²) in [7, 11) is 0. The summed E-state index contributed by atoms with van der Waals surface area (Å²) in [6, 6.07) is 6.90. The van der Waals surface area contributed by atoms with Gasteiger partial charge in [-0.25, -0.2) is 0 Å². The van der Waals surface area contributed by atoms with Crippen molar-refractivity contribution in [1.82, 2.24) is 9.80 Å². The van der Waals surface area contributed by atoms with Crippen LogP contribution in [0.1, 0.15) is 24.2 Å². The van der Waals surface area contributed by atoms with Gasteiger partial charge in [-0.2, -0.15) is 0 Å². The molecular formula is C16H20N2O4. The molecule has 6 heteroatoms. The molecule has 0 radical (unpaired) electrons. The summed E-state index contributed by atoms with van der Waals surface area (Å²) in [5, 5.41) is 0. The summed E-state index contributed by atoms with van der Waals surface area (Å²) in [6.07, 6.45) is 0. The molecular weight excluding hydrogens is 284 g/mol. The highest BCUT2D eigenvalue weighted by Crippen LogP contribution is 2.14. The van der Waals surface area contributed by atoms with Crippen LogP contribution >= 0.6 is 0 Å². The lowest BCUT2D eigenvalue weighted by Gasteiger charge is -2.32. The first-order chi connectivity index (χ1) is 10.5. The van der Waals surface area contributed by atoms with E-state index in [9.17, 15) is 14.4 Å². The molecule has 0 aromatic heterocycles. The van der Waals surface area contributed by atoms with E-state index < -0.39 is 11.8 Å². The van der Waals surface area contributed by atoms with Crippen molar-refractivity contribution in [3.63, 3.8) is 0 Å². The number of benzene rings is 1. The normalized spacial score (nSPS) is 15.2. The van der Waals surface area contributed by atoms with Gasteiger partial charge in [-0.15, -0.1) is 0 Å². The third-order valence-corrected chi connectivity index (χ3v) is 3.65. The molecule has 0 saturated carbocycles. The summed E-state index contributed by atoms with van der Waals surface area (Å²) < 4.78 is 5.57. The van der Waals surface area contributed by atoms with Gasteiger partial charge >= 0.3 is 11.8 Å². The SMILES string of the molecule is CCN1CCN(CCOc2cccc(C(C)=O)c2)C(=O)C1=O. The molecule has 2 rings (SSSR count). The number of hydrogen-bond donors (Lipinski definition) is 0. The Morgan fingerprint density at radius 3 is 2.55 bits per heavy atom. The fourth-order valence-electron chi connectivity index (χ4n) is 2.31. The second kappa shape index (κ2) is 7.06. The smallest absolute Gasteiger partial charge is 0.312 e. The zero-order chi connectivity index (χ0) is 16.1. The second-order valence-electron chi connectivity index (χ2n) is 5.11. The number of rotatable bonds is 6. The number of nitrogens with zero attached hydrogens (tertiary/aromatic N) is 2. The van der Waals surface area contributed by atoms with Crippen LogP contribution in [0.4, 0.5) is 0 Å². The van der Waals surface area contributed by atoms with E-state index in [0.717, 1.165) is 0 Å². The van der Waals surface area contributed by atoms with E-state index in [-0.39, 0.29) is 12.4 Å². The Morgan fingerprint density at radius 1 is 1.18 bits per heavy atom. The minimum atomic E-state index is -0.478. The van der Waals surface area contributed by atoms with Crippen LogP contribution in [0.2, 0.25) is 0 Å². The molecule has 0 N–H and O–H groups in total. The van der Waals surface area contributed by atoms with E-state index in [4.69, 9.17) is 4.74 Å². The van der Waals surface area contributed by atoms with Crippen LogP contribution in [0.25, 0.3) is 0 Å². The van der Waals surface area contributed by atoms with Gasteiger partial charge in [0.2, 0.25) is 0 Å². The predicted molar refractivity (Wildman–Crippen MR) is 80.8 cm³/mol. The lowest BCUT2D eigenvalue weighted by molar-refractivity contribution is -0.156. The molecule has 22 heavy (non-hydrogen) atoms. The number of hydrogen-bond acceptors (Lipinski definition) is 4. The van der Waals surface area contributed by atoms with Gasteiger partial charge in [0.05, 0.1) is 6.54 Å². The lowest BCUT2D eigenvalue weighted by atomic mass is 10.1. The minimum absolute atomic E-state index is 0.0260. The van der Waals surface area contributed by atoms with Crippen LogP contribution < -0.4 is 4.74 Å². The van der Waals surface area contributed by atoms with Gasteiger partial charge < -0.3 is 14.5 Å². The predicted octanol–water partition coefficient (Wildman–Crippen LogP) is 0.959. The van der Waals surface area contributed by atoms with Crippen molar-refractivity contribution in [3.8, 4) is 5.75 Å². The van der Waals surface area contributed by atoms with Crippen molar-refractivity contribution in [3.05, 3.63) is 29.8 Å². The Bertz CT molecular complexity index is 585. The average Bonchev–Trinajstić information content (AvgIpc) is 2.52. The maximum absolute atomic E-state index is 11.9. The van der Waals surface area contributed by atoms with Gasteiger partial charge in [0.15, 0.2) is 5.78 Å². The number of amides is 2. The maximum atomic E-state index is 11.9. The molecule has 0 bridgehead atoms. The van der Waals surface area contributed by atoms with E-state index in [1.54, 1.807) is 24.3 Å².